The molecule has 12 nitrogen and oxygen atoms in total. The maximum atomic E-state index is 12.3. The number of fused-ring (bicyclic) bond motifs is 1. The highest BCUT2D eigenvalue weighted by Crippen LogP contribution is 2.32. The van der Waals surface area contributed by atoms with Crippen LogP contribution in [-0.2, 0) is 27.1 Å². The summed E-state index contributed by atoms with van der Waals surface area (Å²) in [4.78, 5) is 53.9. The number of nitrogens with one attached hydrogen (secondary N) is 1. The molecule has 4 rings (SSSR count). The third kappa shape index (κ3) is 3.92. The zero-order chi connectivity index (χ0) is 24.6. The van der Waals surface area contributed by atoms with Crippen LogP contribution in [0.5, 0.6) is 5.88 Å². The molecular weight excluding hydrogens is 444 g/mol. The Labute approximate surface area is 190 Å². The van der Waals surface area contributed by atoms with Crippen LogP contribution in [-0.4, -0.2) is 34.9 Å². The number of nitro benzene ring substituents is 1. The van der Waals surface area contributed by atoms with Crippen LogP contribution < -0.4 is 16.9 Å². The van der Waals surface area contributed by atoms with Gasteiger partial charge in [0.25, 0.3) is 11.2 Å². The van der Waals surface area contributed by atoms with E-state index in [0.717, 1.165) is 16.3 Å². The molecule has 0 aliphatic rings. The summed E-state index contributed by atoms with van der Waals surface area (Å²) in [6, 6.07) is 11.8. The molecule has 4 aromatic rings. The Balaban J connectivity index is 1.78. The fourth-order valence-corrected chi connectivity index (χ4v) is 3.69. The summed E-state index contributed by atoms with van der Waals surface area (Å²) < 4.78 is 3.58. The number of aliphatic imine (C=N–C) groups is 1. The maximum absolute atomic E-state index is 12.3. The van der Waals surface area contributed by atoms with Gasteiger partial charge in [-0.15, -0.1) is 0 Å². The van der Waals surface area contributed by atoms with E-state index in [0.29, 0.717) is 17.5 Å². The van der Waals surface area contributed by atoms with Gasteiger partial charge in [0.15, 0.2) is 0 Å². The van der Waals surface area contributed by atoms with Crippen molar-refractivity contribution in [1.82, 2.24) is 18.7 Å². The monoisotopic (exact) mass is 464 g/mol. The lowest BCUT2D eigenvalue weighted by Gasteiger charge is -2.09. The fourth-order valence-electron chi connectivity index (χ4n) is 3.69. The number of aromatic amines is 1. The SMILES string of the molecule is Cn1c(=O)n(C)c2cc([N+](=O)[O-])c(N=Cc3c(O)n(CCc4ccccc4)c(=O)[nH]c3=O)cc21. The van der Waals surface area contributed by atoms with E-state index in [2.05, 4.69) is 9.98 Å². The molecule has 2 N–H and O–H groups in total. The molecule has 2 aromatic heterocycles. The molecule has 0 fully saturated rings. The van der Waals surface area contributed by atoms with Gasteiger partial charge in [-0.25, -0.2) is 14.6 Å². The number of aromatic hydroxyl groups is 1. The van der Waals surface area contributed by atoms with Crippen LogP contribution in [0.3, 0.4) is 0 Å². The summed E-state index contributed by atoms with van der Waals surface area (Å²) in [5.74, 6) is -0.607. The van der Waals surface area contributed by atoms with Gasteiger partial charge in [0.05, 0.1) is 16.0 Å². The first kappa shape index (κ1) is 22.5. The minimum atomic E-state index is -0.891. The predicted octanol–water partition coefficient (Wildman–Crippen LogP) is 1.33. The second-order valence-electron chi connectivity index (χ2n) is 7.63. The molecule has 0 aliphatic heterocycles. The normalized spacial score (nSPS) is 11.5. The highest BCUT2D eigenvalue weighted by molar-refractivity contribution is 5.89. The summed E-state index contributed by atoms with van der Waals surface area (Å²) in [6.45, 7) is 0.0878. The molecule has 0 bridgehead atoms. The van der Waals surface area contributed by atoms with Crippen molar-refractivity contribution in [2.45, 2.75) is 13.0 Å². The van der Waals surface area contributed by atoms with E-state index in [9.17, 15) is 29.6 Å². The number of aromatic nitrogens is 4. The maximum Gasteiger partial charge on any atom is 0.331 e. The van der Waals surface area contributed by atoms with Gasteiger partial charge < -0.3 is 5.11 Å². The molecule has 34 heavy (non-hydrogen) atoms. The first-order valence-corrected chi connectivity index (χ1v) is 10.2. The van der Waals surface area contributed by atoms with Crippen molar-refractivity contribution in [3.63, 3.8) is 0 Å². The third-order valence-corrected chi connectivity index (χ3v) is 5.57. The topological polar surface area (TPSA) is 158 Å². The molecule has 0 saturated carbocycles. The molecule has 0 unspecified atom stereocenters. The van der Waals surface area contributed by atoms with Crippen LogP contribution in [0.15, 0.2) is 61.8 Å². The van der Waals surface area contributed by atoms with Gasteiger partial charge in [-0.05, 0) is 18.1 Å². The Morgan fingerprint density at radius 3 is 2.38 bits per heavy atom. The van der Waals surface area contributed by atoms with Crippen LogP contribution in [0.25, 0.3) is 11.0 Å². The summed E-state index contributed by atoms with van der Waals surface area (Å²) in [5.41, 5.74) is -1.23. The lowest BCUT2D eigenvalue weighted by atomic mass is 10.1. The highest BCUT2D eigenvalue weighted by Gasteiger charge is 2.20. The molecule has 0 spiro atoms. The first-order valence-electron chi connectivity index (χ1n) is 10.2. The molecule has 2 heterocycles. The second-order valence-corrected chi connectivity index (χ2v) is 7.63. The second kappa shape index (κ2) is 8.65. The van der Waals surface area contributed by atoms with Crippen molar-refractivity contribution in [3.8, 4) is 5.88 Å². The van der Waals surface area contributed by atoms with E-state index >= 15 is 0 Å². The zero-order valence-electron chi connectivity index (χ0n) is 18.3. The van der Waals surface area contributed by atoms with Gasteiger partial charge >= 0.3 is 11.4 Å². The number of rotatable bonds is 6. The van der Waals surface area contributed by atoms with E-state index in [4.69, 9.17) is 0 Å². The number of benzene rings is 2. The van der Waals surface area contributed by atoms with Gasteiger partial charge in [0, 0.05) is 32.9 Å². The number of hydrogen-bond donors (Lipinski definition) is 2. The minimum Gasteiger partial charge on any atom is -0.494 e. The number of H-pyrrole nitrogens is 1. The smallest absolute Gasteiger partial charge is 0.331 e. The minimum absolute atomic E-state index is 0.0878. The fraction of sp³-hybridized carbons (Fsp3) is 0.182. The largest absolute Gasteiger partial charge is 0.494 e. The molecule has 174 valence electrons. The van der Waals surface area contributed by atoms with Gasteiger partial charge in [-0.2, -0.15) is 0 Å². The molecule has 0 amide bonds. The first-order chi connectivity index (χ1) is 16.2. The van der Waals surface area contributed by atoms with E-state index in [-0.39, 0.29) is 23.5 Å². The summed E-state index contributed by atoms with van der Waals surface area (Å²) in [5, 5.41) is 22.2. The number of hydrogen-bond acceptors (Lipinski definition) is 7. The highest BCUT2D eigenvalue weighted by atomic mass is 16.6. The summed E-state index contributed by atoms with van der Waals surface area (Å²) in [6.07, 6.45) is 1.38. The van der Waals surface area contributed by atoms with Gasteiger partial charge in [-0.1, -0.05) is 30.3 Å². The molecular formula is C22H20N6O6. The molecule has 2 aromatic carbocycles. The third-order valence-electron chi connectivity index (χ3n) is 5.57. The van der Waals surface area contributed by atoms with Crippen molar-refractivity contribution < 1.29 is 10.0 Å². The van der Waals surface area contributed by atoms with Crippen molar-refractivity contribution in [3.05, 3.63) is 95.0 Å². The summed E-state index contributed by atoms with van der Waals surface area (Å²) in [7, 11) is 3.01. The number of aryl methyl sites for hydroxylation is 3. The molecule has 0 radical (unpaired) electrons. The van der Waals surface area contributed by atoms with Crippen LogP contribution in [0.2, 0.25) is 0 Å². The van der Waals surface area contributed by atoms with Crippen molar-refractivity contribution >= 4 is 28.6 Å². The van der Waals surface area contributed by atoms with Crippen LogP contribution in [0.4, 0.5) is 11.4 Å². The van der Waals surface area contributed by atoms with E-state index in [1.54, 1.807) is 0 Å². The Bertz CT molecular complexity index is 1620. The van der Waals surface area contributed by atoms with Gasteiger partial charge in [0.1, 0.15) is 11.3 Å². The lowest BCUT2D eigenvalue weighted by molar-refractivity contribution is -0.383. The number of imidazole rings is 1. The van der Waals surface area contributed by atoms with E-state index in [1.165, 1.54) is 35.4 Å². The lowest BCUT2D eigenvalue weighted by Crippen LogP contribution is -2.32. The van der Waals surface area contributed by atoms with Gasteiger partial charge in [-0.3, -0.25) is 33.6 Å². The molecule has 0 atom stereocenters. The Morgan fingerprint density at radius 2 is 1.74 bits per heavy atom. The average molecular weight is 464 g/mol. The van der Waals surface area contributed by atoms with E-state index in [1.807, 2.05) is 30.3 Å². The molecule has 12 heteroatoms. The summed E-state index contributed by atoms with van der Waals surface area (Å²) >= 11 is 0. The number of nitro groups is 1. The van der Waals surface area contributed by atoms with Crippen LogP contribution >= 0.6 is 0 Å². The van der Waals surface area contributed by atoms with Crippen molar-refractivity contribution in [1.29, 1.82) is 0 Å². The molecule has 0 aliphatic carbocycles. The standard InChI is InChI=1S/C22H20N6O6/c1-25-17-10-15(16(28(33)34)11-18(17)26(2)22(25)32)23-12-14-19(29)24-21(31)27(20(14)30)9-8-13-6-4-3-5-7-13/h3-7,10-12,30H,8-9H2,1-2H3,(H,24,29,31). The van der Waals surface area contributed by atoms with Crippen LogP contribution in [0, 0.1) is 10.1 Å². The van der Waals surface area contributed by atoms with Crippen molar-refractivity contribution in [2.75, 3.05) is 0 Å². The van der Waals surface area contributed by atoms with Gasteiger partial charge in [0.2, 0.25) is 5.88 Å². The number of nitrogens with zero attached hydrogens (tertiary/aromatic N) is 5. The molecule has 0 saturated heterocycles. The van der Waals surface area contributed by atoms with E-state index < -0.39 is 27.7 Å². The zero-order valence-corrected chi connectivity index (χ0v) is 18.3. The van der Waals surface area contributed by atoms with Crippen molar-refractivity contribution in [2.24, 2.45) is 19.1 Å². The quantitative estimate of drug-likeness (QED) is 0.249. The van der Waals surface area contributed by atoms with Crippen LogP contribution in [0.1, 0.15) is 11.1 Å². The average Bonchev–Trinajstić information content (AvgIpc) is 3.02. The Morgan fingerprint density at radius 1 is 1.09 bits per heavy atom. The Hall–Kier alpha value is -4.74. The Kier molecular flexibility index (Phi) is 5.72. The predicted molar refractivity (Wildman–Crippen MR) is 125 cm³/mol.